The largest absolute Gasteiger partial charge is 0.354 e. The molecule has 2 aliphatic rings. The molecule has 114 valence electrons. The molecule has 2 heterocycles. The molecule has 1 aromatic rings. The number of halogens is 1. The summed E-state index contributed by atoms with van der Waals surface area (Å²) >= 11 is 3.54. The molecule has 2 aliphatic heterocycles. The zero-order valence-corrected chi connectivity index (χ0v) is 13.8. The Morgan fingerprint density at radius 3 is 3.00 bits per heavy atom. The van der Waals surface area contributed by atoms with E-state index in [2.05, 4.69) is 45.2 Å². The van der Waals surface area contributed by atoms with Crippen LogP contribution in [0.4, 0.5) is 0 Å². The van der Waals surface area contributed by atoms with Crippen LogP contribution in [-0.2, 0) is 4.79 Å². The number of likely N-dealkylation sites (tertiary alicyclic amines) is 1. The molecular weight excluding hydrogens is 330 g/mol. The molecule has 0 radical (unpaired) electrons. The van der Waals surface area contributed by atoms with Gasteiger partial charge in [-0.1, -0.05) is 28.1 Å². The fraction of sp³-hybridized carbons (Fsp3) is 0.562. The van der Waals surface area contributed by atoms with Gasteiger partial charge in [-0.05, 0) is 44.0 Å². The second kappa shape index (κ2) is 6.07. The van der Waals surface area contributed by atoms with Gasteiger partial charge in [0.05, 0.1) is 12.0 Å². The van der Waals surface area contributed by atoms with Gasteiger partial charge in [0, 0.05) is 23.1 Å². The van der Waals surface area contributed by atoms with Crippen molar-refractivity contribution in [3.05, 3.63) is 34.3 Å². The highest BCUT2D eigenvalue weighted by molar-refractivity contribution is 9.10. The maximum absolute atomic E-state index is 12.0. The summed E-state index contributed by atoms with van der Waals surface area (Å²) in [5.74, 6) is 0.342. The van der Waals surface area contributed by atoms with Crippen molar-refractivity contribution in [2.75, 3.05) is 13.1 Å². The van der Waals surface area contributed by atoms with E-state index >= 15 is 0 Å². The summed E-state index contributed by atoms with van der Waals surface area (Å²) in [5, 5.41) is 3.02. The summed E-state index contributed by atoms with van der Waals surface area (Å²) < 4.78 is 1.07. The molecule has 4 unspecified atom stereocenters. The molecule has 0 bridgehead atoms. The number of nitrogens with two attached hydrogens (primary N) is 1. The second-order valence-corrected chi connectivity index (χ2v) is 7.07. The van der Waals surface area contributed by atoms with Gasteiger partial charge in [0.2, 0.25) is 5.91 Å². The van der Waals surface area contributed by atoms with Gasteiger partial charge in [-0.25, -0.2) is 0 Å². The molecule has 1 aromatic carbocycles. The summed E-state index contributed by atoms with van der Waals surface area (Å²) in [5.41, 5.74) is 7.53. The van der Waals surface area contributed by atoms with E-state index < -0.39 is 0 Å². The van der Waals surface area contributed by atoms with Crippen molar-refractivity contribution in [3.63, 3.8) is 0 Å². The molecule has 1 amide bonds. The Labute approximate surface area is 134 Å². The van der Waals surface area contributed by atoms with Gasteiger partial charge in [-0.3, -0.25) is 9.69 Å². The molecule has 2 saturated heterocycles. The number of carbonyl (C=O) groups excluding carboxylic acids is 1. The third-order valence-corrected chi connectivity index (χ3v) is 5.18. The summed E-state index contributed by atoms with van der Waals surface area (Å²) in [6.07, 6.45) is 2.06. The van der Waals surface area contributed by atoms with Crippen LogP contribution in [0.1, 0.15) is 31.4 Å². The van der Waals surface area contributed by atoms with E-state index in [4.69, 9.17) is 5.73 Å². The predicted octanol–water partition coefficient (Wildman–Crippen LogP) is 2.05. The van der Waals surface area contributed by atoms with E-state index in [-0.39, 0.29) is 30.0 Å². The number of nitrogens with one attached hydrogen (secondary N) is 1. The fourth-order valence-corrected chi connectivity index (χ4v) is 4.23. The number of piperidine rings is 1. The normalized spacial score (nSPS) is 28.8. The van der Waals surface area contributed by atoms with Crippen LogP contribution in [-0.4, -0.2) is 36.0 Å². The van der Waals surface area contributed by atoms with Crippen LogP contribution in [0.3, 0.4) is 0 Å². The smallest absolute Gasteiger partial charge is 0.224 e. The van der Waals surface area contributed by atoms with Crippen LogP contribution < -0.4 is 11.1 Å². The molecule has 4 atom stereocenters. The quantitative estimate of drug-likeness (QED) is 0.876. The highest BCUT2D eigenvalue weighted by Gasteiger charge is 2.43. The van der Waals surface area contributed by atoms with Crippen molar-refractivity contribution in [1.29, 1.82) is 0 Å². The molecule has 21 heavy (non-hydrogen) atoms. The SMILES string of the molecule is CC(N)C(c1cccc(Br)c1)N1CCCC2C(=O)NCC21. The first-order valence-electron chi connectivity index (χ1n) is 7.62. The molecular formula is C16H22BrN3O. The first kappa shape index (κ1) is 15.0. The van der Waals surface area contributed by atoms with Crippen molar-refractivity contribution in [3.8, 4) is 0 Å². The number of hydrogen-bond donors (Lipinski definition) is 2. The standard InChI is InChI=1S/C16H22BrN3O/c1-10(18)15(11-4-2-5-12(17)8-11)20-7-3-6-13-14(20)9-19-16(13)21/h2,4-5,8,10,13-15H,3,6-7,9,18H2,1H3,(H,19,21). The van der Waals surface area contributed by atoms with Gasteiger partial charge in [-0.15, -0.1) is 0 Å². The van der Waals surface area contributed by atoms with E-state index in [0.29, 0.717) is 0 Å². The second-order valence-electron chi connectivity index (χ2n) is 6.16. The average Bonchev–Trinajstić information content (AvgIpc) is 2.82. The van der Waals surface area contributed by atoms with Crippen LogP contribution in [0, 0.1) is 5.92 Å². The highest BCUT2D eigenvalue weighted by Crippen LogP contribution is 2.35. The van der Waals surface area contributed by atoms with Gasteiger partial charge in [0.1, 0.15) is 0 Å². The molecule has 0 spiro atoms. The molecule has 4 nitrogen and oxygen atoms in total. The van der Waals surface area contributed by atoms with Gasteiger partial charge in [0.25, 0.3) is 0 Å². The fourth-order valence-electron chi connectivity index (χ4n) is 3.82. The Kier molecular flexibility index (Phi) is 4.33. The Hall–Kier alpha value is -0.910. The number of amides is 1. The first-order valence-corrected chi connectivity index (χ1v) is 8.41. The van der Waals surface area contributed by atoms with Crippen molar-refractivity contribution in [2.45, 2.75) is 37.9 Å². The van der Waals surface area contributed by atoms with Crippen LogP contribution in [0.5, 0.6) is 0 Å². The third kappa shape index (κ3) is 2.87. The lowest BCUT2D eigenvalue weighted by Gasteiger charge is -2.43. The van der Waals surface area contributed by atoms with Crippen molar-refractivity contribution in [2.24, 2.45) is 11.7 Å². The number of hydrogen-bond acceptors (Lipinski definition) is 3. The molecule has 5 heteroatoms. The summed E-state index contributed by atoms with van der Waals surface area (Å²) in [6.45, 7) is 3.81. The zero-order chi connectivity index (χ0) is 15.0. The van der Waals surface area contributed by atoms with Gasteiger partial charge < -0.3 is 11.1 Å². The minimum absolute atomic E-state index is 0.0220. The molecule has 2 fully saturated rings. The minimum Gasteiger partial charge on any atom is -0.354 e. The molecule has 3 N–H and O–H groups in total. The molecule has 0 aliphatic carbocycles. The lowest BCUT2D eigenvalue weighted by Crippen LogP contribution is -2.51. The number of fused-ring (bicyclic) bond motifs is 1. The van der Waals surface area contributed by atoms with E-state index in [9.17, 15) is 4.79 Å². The Morgan fingerprint density at radius 1 is 1.48 bits per heavy atom. The monoisotopic (exact) mass is 351 g/mol. The highest BCUT2D eigenvalue weighted by atomic mass is 79.9. The van der Waals surface area contributed by atoms with Gasteiger partial charge >= 0.3 is 0 Å². The number of benzene rings is 1. The summed E-state index contributed by atoms with van der Waals surface area (Å²) in [4.78, 5) is 14.4. The molecule has 0 aromatic heterocycles. The van der Waals surface area contributed by atoms with Crippen LogP contribution in [0.2, 0.25) is 0 Å². The molecule has 3 rings (SSSR count). The third-order valence-electron chi connectivity index (χ3n) is 4.69. The Bertz CT molecular complexity index is 534. The predicted molar refractivity (Wildman–Crippen MR) is 86.8 cm³/mol. The van der Waals surface area contributed by atoms with E-state index in [1.54, 1.807) is 0 Å². The average molecular weight is 352 g/mol. The number of rotatable bonds is 3. The number of carbonyl (C=O) groups is 1. The molecule has 0 saturated carbocycles. The van der Waals surface area contributed by atoms with Crippen LogP contribution in [0.15, 0.2) is 28.7 Å². The van der Waals surface area contributed by atoms with Gasteiger partial charge in [0.15, 0.2) is 0 Å². The lowest BCUT2D eigenvalue weighted by atomic mass is 9.87. The maximum atomic E-state index is 12.0. The van der Waals surface area contributed by atoms with Crippen molar-refractivity contribution >= 4 is 21.8 Å². The zero-order valence-electron chi connectivity index (χ0n) is 12.3. The van der Waals surface area contributed by atoms with E-state index in [1.807, 2.05) is 12.1 Å². The number of nitrogens with zero attached hydrogens (tertiary/aromatic N) is 1. The van der Waals surface area contributed by atoms with Crippen molar-refractivity contribution < 1.29 is 4.79 Å². The summed E-state index contributed by atoms with van der Waals surface area (Å²) in [7, 11) is 0. The van der Waals surface area contributed by atoms with E-state index in [1.165, 1.54) is 5.56 Å². The Balaban J connectivity index is 1.92. The van der Waals surface area contributed by atoms with E-state index in [0.717, 1.165) is 30.4 Å². The Morgan fingerprint density at radius 2 is 2.29 bits per heavy atom. The minimum atomic E-state index is 0.0220. The van der Waals surface area contributed by atoms with Gasteiger partial charge in [-0.2, -0.15) is 0 Å². The first-order chi connectivity index (χ1) is 10.1. The topological polar surface area (TPSA) is 58.4 Å². The van der Waals surface area contributed by atoms with Crippen molar-refractivity contribution in [1.82, 2.24) is 10.2 Å². The lowest BCUT2D eigenvalue weighted by molar-refractivity contribution is -0.124. The maximum Gasteiger partial charge on any atom is 0.224 e. The summed E-state index contributed by atoms with van der Waals surface area (Å²) in [6, 6.07) is 8.81. The van der Waals surface area contributed by atoms with Crippen LogP contribution >= 0.6 is 15.9 Å². The van der Waals surface area contributed by atoms with Crippen LogP contribution in [0.25, 0.3) is 0 Å².